The fourth-order valence-corrected chi connectivity index (χ4v) is 3.81. The molecule has 1 atom stereocenters. The molecule has 1 amide bonds. The molecule has 0 aliphatic carbocycles. The third-order valence-corrected chi connectivity index (χ3v) is 5.14. The van der Waals surface area contributed by atoms with Crippen LogP contribution in [0.15, 0.2) is 10.6 Å². The normalized spacial score (nSPS) is 26.4. The van der Waals surface area contributed by atoms with Gasteiger partial charge < -0.3 is 14.2 Å². The number of rotatable bonds is 3. The van der Waals surface area contributed by atoms with Crippen molar-refractivity contribution in [2.75, 3.05) is 52.5 Å². The summed E-state index contributed by atoms with van der Waals surface area (Å²) in [6.07, 6.45) is 2.45. The summed E-state index contributed by atoms with van der Waals surface area (Å²) in [5.41, 5.74) is 0.444. The van der Waals surface area contributed by atoms with Gasteiger partial charge in [-0.3, -0.25) is 14.6 Å². The number of ether oxygens (including phenoxy) is 1. The van der Waals surface area contributed by atoms with Gasteiger partial charge in [0, 0.05) is 44.8 Å². The maximum absolute atomic E-state index is 12.6. The second-order valence-corrected chi connectivity index (χ2v) is 6.65. The van der Waals surface area contributed by atoms with E-state index in [9.17, 15) is 4.79 Å². The standard InChI is InChI=1S/C16H24N4O3/c21-16(20-5-4-19-3-1-2-13(19)11-20)15-10-14(23-17-15)12-18-6-8-22-9-7-18/h10,13H,1-9,11-12H2/t13-/m1/s1. The highest BCUT2D eigenvalue weighted by Gasteiger charge is 2.33. The largest absolute Gasteiger partial charge is 0.379 e. The van der Waals surface area contributed by atoms with Gasteiger partial charge >= 0.3 is 0 Å². The zero-order valence-corrected chi connectivity index (χ0v) is 13.4. The monoisotopic (exact) mass is 320 g/mol. The molecule has 7 heteroatoms. The molecule has 0 N–H and O–H groups in total. The van der Waals surface area contributed by atoms with Crippen LogP contribution in [-0.4, -0.2) is 84.3 Å². The summed E-state index contributed by atoms with van der Waals surface area (Å²) >= 11 is 0. The molecule has 3 aliphatic rings. The Morgan fingerprint density at radius 1 is 1.22 bits per heavy atom. The lowest BCUT2D eigenvalue weighted by Crippen LogP contribution is -2.52. The van der Waals surface area contributed by atoms with Crippen LogP contribution >= 0.6 is 0 Å². The van der Waals surface area contributed by atoms with Gasteiger partial charge in [0.1, 0.15) is 0 Å². The quantitative estimate of drug-likeness (QED) is 0.805. The maximum Gasteiger partial charge on any atom is 0.276 e. The second-order valence-electron chi connectivity index (χ2n) is 6.65. The number of carbonyl (C=O) groups excluding carboxylic acids is 1. The number of nitrogens with zero attached hydrogens (tertiary/aromatic N) is 4. The van der Waals surface area contributed by atoms with E-state index in [2.05, 4.69) is 15.0 Å². The lowest BCUT2D eigenvalue weighted by Gasteiger charge is -2.37. The lowest BCUT2D eigenvalue weighted by molar-refractivity contribution is 0.0305. The molecule has 0 unspecified atom stereocenters. The minimum absolute atomic E-state index is 0.00790. The van der Waals surface area contributed by atoms with Crippen molar-refractivity contribution in [3.63, 3.8) is 0 Å². The predicted molar refractivity (Wildman–Crippen MR) is 83.1 cm³/mol. The molecule has 3 saturated heterocycles. The van der Waals surface area contributed by atoms with E-state index in [0.29, 0.717) is 18.3 Å². The Balaban J connectivity index is 1.37. The Hall–Kier alpha value is -1.44. The van der Waals surface area contributed by atoms with Crippen molar-refractivity contribution >= 4 is 5.91 Å². The molecule has 0 radical (unpaired) electrons. The number of piperazine rings is 1. The third kappa shape index (κ3) is 3.27. The van der Waals surface area contributed by atoms with Crippen molar-refractivity contribution in [2.45, 2.75) is 25.4 Å². The van der Waals surface area contributed by atoms with Gasteiger partial charge in [-0.2, -0.15) is 0 Å². The van der Waals surface area contributed by atoms with E-state index in [1.807, 2.05) is 4.90 Å². The van der Waals surface area contributed by atoms with Crippen molar-refractivity contribution < 1.29 is 14.1 Å². The first kappa shape index (κ1) is 15.1. The summed E-state index contributed by atoms with van der Waals surface area (Å²) in [4.78, 5) is 19.3. The molecule has 4 rings (SSSR count). The van der Waals surface area contributed by atoms with E-state index >= 15 is 0 Å². The van der Waals surface area contributed by atoms with Gasteiger partial charge in [0.15, 0.2) is 11.5 Å². The van der Waals surface area contributed by atoms with Gasteiger partial charge in [-0.1, -0.05) is 5.16 Å². The van der Waals surface area contributed by atoms with Gasteiger partial charge in [-0.15, -0.1) is 0 Å². The molecule has 7 nitrogen and oxygen atoms in total. The second kappa shape index (κ2) is 6.59. The summed E-state index contributed by atoms with van der Waals surface area (Å²) in [6.45, 7) is 7.78. The van der Waals surface area contributed by atoms with Crippen LogP contribution in [-0.2, 0) is 11.3 Å². The molecule has 4 heterocycles. The number of aromatic nitrogens is 1. The average molecular weight is 320 g/mol. The van der Waals surface area contributed by atoms with E-state index in [0.717, 1.165) is 51.7 Å². The minimum Gasteiger partial charge on any atom is -0.379 e. The predicted octanol–water partition coefficient (Wildman–Crippen LogP) is 0.427. The SMILES string of the molecule is O=C(c1cc(CN2CCOCC2)on1)N1CCN2CCC[C@@H]2C1. The number of hydrogen-bond acceptors (Lipinski definition) is 6. The highest BCUT2D eigenvalue weighted by Crippen LogP contribution is 2.22. The van der Waals surface area contributed by atoms with Crippen molar-refractivity contribution in [3.8, 4) is 0 Å². The van der Waals surface area contributed by atoms with Crippen LogP contribution in [0.5, 0.6) is 0 Å². The van der Waals surface area contributed by atoms with Gasteiger partial charge in [0.2, 0.25) is 0 Å². The molecule has 1 aromatic rings. The van der Waals surface area contributed by atoms with Crippen LogP contribution < -0.4 is 0 Å². The number of hydrogen-bond donors (Lipinski definition) is 0. The Morgan fingerprint density at radius 3 is 2.96 bits per heavy atom. The molecule has 0 spiro atoms. The van der Waals surface area contributed by atoms with Crippen molar-refractivity contribution in [2.24, 2.45) is 0 Å². The highest BCUT2D eigenvalue weighted by atomic mass is 16.5. The van der Waals surface area contributed by atoms with Crippen LogP contribution in [0.25, 0.3) is 0 Å². The van der Waals surface area contributed by atoms with Crippen molar-refractivity contribution in [1.82, 2.24) is 19.9 Å². The molecule has 0 bridgehead atoms. The van der Waals surface area contributed by atoms with Crippen LogP contribution in [0.3, 0.4) is 0 Å². The molecular formula is C16H24N4O3. The summed E-state index contributed by atoms with van der Waals surface area (Å²) in [5.74, 6) is 0.767. The zero-order valence-electron chi connectivity index (χ0n) is 13.4. The Bertz CT molecular complexity index is 555. The number of amides is 1. The number of morpholine rings is 1. The van der Waals surface area contributed by atoms with Crippen molar-refractivity contribution in [3.05, 3.63) is 17.5 Å². The smallest absolute Gasteiger partial charge is 0.276 e. The number of carbonyl (C=O) groups is 1. The third-order valence-electron chi connectivity index (χ3n) is 5.14. The van der Waals surface area contributed by atoms with Gasteiger partial charge in [0.05, 0.1) is 19.8 Å². The van der Waals surface area contributed by atoms with Crippen molar-refractivity contribution in [1.29, 1.82) is 0 Å². The number of fused-ring (bicyclic) bond motifs is 1. The lowest BCUT2D eigenvalue weighted by atomic mass is 10.1. The first-order valence-corrected chi connectivity index (χ1v) is 8.58. The Morgan fingerprint density at radius 2 is 2.09 bits per heavy atom. The van der Waals surface area contributed by atoms with Crippen LogP contribution in [0.4, 0.5) is 0 Å². The zero-order chi connectivity index (χ0) is 15.6. The van der Waals surface area contributed by atoms with Crippen LogP contribution in [0, 0.1) is 0 Å². The molecule has 0 aromatic carbocycles. The molecule has 3 aliphatic heterocycles. The van der Waals surface area contributed by atoms with Gasteiger partial charge in [-0.05, 0) is 19.4 Å². The van der Waals surface area contributed by atoms with Gasteiger partial charge in [0.25, 0.3) is 5.91 Å². The first-order valence-electron chi connectivity index (χ1n) is 8.58. The molecule has 23 heavy (non-hydrogen) atoms. The fraction of sp³-hybridized carbons (Fsp3) is 0.750. The Kier molecular flexibility index (Phi) is 4.33. The van der Waals surface area contributed by atoms with E-state index < -0.39 is 0 Å². The summed E-state index contributed by atoms with van der Waals surface area (Å²) in [7, 11) is 0. The average Bonchev–Trinajstić information content (AvgIpc) is 3.23. The van der Waals surface area contributed by atoms with Gasteiger partial charge in [-0.25, -0.2) is 0 Å². The molecule has 3 fully saturated rings. The van der Waals surface area contributed by atoms with Crippen LogP contribution in [0.1, 0.15) is 29.1 Å². The molecule has 126 valence electrons. The maximum atomic E-state index is 12.6. The van der Waals surface area contributed by atoms with E-state index in [4.69, 9.17) is 9.26 Å². The summed E-state index contributed by atoms with van der Waals surface area (Å²) < 4.78 is 10.7. The summed E-state index contributed by atoms with van der Waals surface area (Å²) in [6, 6.07) is 2.34. The summed E-state index contributed by atoms with van der Waals surface area (Å²) in [5, 5.41) is 4.00. The highest BCUT2D eigenvalue weighted by molar-refractivity contribution is 5.92. The van der Waals surface area contributed by atoms with Crippen LogP contribution in [0.2, 0.25) is 0 Å². The minimum atomic E-state index is 0.00790. The van der Waals surface area contributed by atoms with E-state index in [-0.39, 0.29) is 5.91 Å². The van der Waals surface area contributed by atoms with E-state index in [1.54, 1.807) is 6.07 Å². The fourth-order valence-electron chi connectivity index (χ4n) is 3.81. The molecule has 0 saturated carbocycles. The van der Waals surface area contributed by atoms with E-state index in [1.165, 1.54) is 19.4 Å². The molecule has 1 aromatic heterocycles. The first-order chi connectivity index (χ1) is 11.3. The molecular weight excluding hydrogens is 296 g/mol. The Labute approximate surface area is 136 Å². The topological polar surface area (TPSA) is 62.1 Å².